The smallest absolute Gasteiger partial charge is 0.0522 e. The van der Waals surface area contributed by atoms with Crippen molar-refractivity contribution in [2.24, 2.45) is 5.92 Å². The molecule has 13 heavy (non-hydrogen) atoms. The molecule has 0 saturated carbocycles. The summed E-state index contributed by atoms with van der Waals surface area (Å²) in [6.07, 6.45) is 5.60. The summed E-state index contributed by atoms with van der Waals surface area (Å²) in [6, 6.07) is 0.472. The summed E-state index contributed by atoms with van der Waals surface area (Å²) in [4.78, 5) is 0. The highest BCUT2D eigenvalue weighted by Crippen LogP contribution is 1.98. The van der Waals surface area contributed by atoms with Crippen molar-refractivity contribution < 1.29 is 4.74 Å². The van der Waals surface area contributed by atoms with Crippen LogP contribution in [-0.4, -0.2) is 26.3 Å². The number of methoxy groups -OCH3 is 1. The maximum Gasteiger partial charge on any atom is 0.0522 e. The number of nitrogens with one attached hydrogen (secondary N) is 1. The Balaban J connectivity index is 3.56. The summed E-state index contributed by atoms with van der Waals surface area (Å²) in [6.45, 7) is 8.40. The first-order valence-electron chi connectivity index (χ1n) is 5.11. The molecule has 0 aromatic heterocycles. The quantitative estimate of drug-likeness (QED) is 0.614. The van der Waals surface area contributed by atoms with Crippen molar-refractivity contribution in [1.29, 1.82) is 0 Å². The number of hydrogen-bond donors (Lipinski definition) is 1. The molecule has 0 amide bonds. The van der Waals surface area contributed by atoms with E-state index in [4.69, 9.17) is 4.74 Å². The van der Waals surface area contributed by atoms with E-state index in [9.17, 15) is 0 Å². The average Bonchev–Trinajstić information content (AvgIpc) is 2.12. The molecule has 0 rings (SSSR count). The minimum absolute atomic E-state index is 0.472. The predicted octanol–water partition coefficient (Wildman–Crippen LogP) is 2.21. The van der Waals surface area contributed by atoms with E-state index in [0.717, 1.165) is 13.2 Å². The van der Waals surface area contributed by atoms with Gasteiger partial charge in [0.05, 0.1) is 6.61 Å². The zero-order chi connectivity index (χ0) is 10.1. The van der Waals surface area contributed by atoms with Gasteiger partial charge in [-0.05, 0) is 25.8 Å². The van der Waals surface area contributed by atoms with Gasteiger partial charge in [-0.15, -0.1) is 0 Å². The van der Waals surface area contributed by atoms with E-state index in [1.807, 2.05) is 0 Å². The van der Waals surface area contributed by atoms with Crippen molar-refractivity contribution in [2.45, 2.75) is 33.2 Å². The van der Waals surface area contributed by atoms with Crippen molar-refractivity contribution >= 4 is 0 Å². The Morgan fingerprint density at radius 2 is 2.00 bits per heavy atom. The molecule has 78 valence electrons. The monoisotopic (exact) mass is 185 g/mol. The van der Waals surface area contributed by atoms with Gasteiger partial charge in [-0.3, -0.25) is 0 Å². The molecule has 2 unspecified atom stereocenters. The number of ether oxygens (including phenoxy) is 1. The van der Waals surface area contributed by atoms with Crippen LogP contribution in [-0.2, 0) is 4.74 Å². The first-order chi connectivity index (χ1) is 6.20. The van der Waals surface area contributed by atoms with Crippen molar-refractivity contribution in [3.8, 4) is 0 Å². The standard InChI is InChI=1S/C11H23NO/c1-5-8-12-11(3)7-6-10(2)9-13-4/h6-7,10-12H,5,8-9H2,1-4H3/b7-6+. The van der Waals surface area contributed by atoms with Crippen LogP contribution in [0.15, 0.2) is 12.2 Å². The molecule has 0 aliphatic carbocycles. The maximum absolute atomic E-state index is 5.05. The van der Waals surface area contributed by atoms with E-state index in [2.05, 4.69) is 38.2 Å². The van der Waals surface area contributed by atoms with Gasteiger partial charge in [0.2, 0.25) is 0 Å². The maximum atomic E-state index is 5.05. The minimum Gasteiger partial charge on any atom is -0.384 e. The highest BCUT2D eigenvalue weighted by molar-refractivity contribution is 4.93. The van der Waals surface area contributed by atoms with Gasteiger partial charge in [0.25, 0.3) is 0 Å². The van der Waals surface area contributed by atoms with Crippen LogP contribution in [0.3, 0.4) is 0 Å². The molecule has 1 N–H and O–H groups in total. The molecule has 0 radical (unpaired) electrons. The summed E-state index contributed by atoms with van der Waals surface area (Å²) < 4.78 is 5.05. The first kappa shape index (κ1) is 12.7. The van der Waals surface area contributed by atoms with Gasteiger partial charge in [0.15, 0.2) is 0 Å². The van der Waals surface area contributed by atoms with Crippen molar-refractivity contribution in [2.75, 3.05) is 20.3 Å². The fourth-order valence-electron chi connectivity index (χ4n) is 1.11. The molecule has 0 fully saturated rings. The van der Waals surface area contributed by atoms with Crippen molar-refractivity contribution in [3.63, 3.8) is 0 Å². The Morgan fingerprint density at radius 3 is 2.54 bits per heavy atom. The third-order valence-corrected chi connectivity index (χ3v) is 1.87. The Bertz CT molecular complexity index is 134. The first-order valence-corrected chi connectivity index (χ1v) is 5.11. The van der Waals surface area contributed by atoms with Crippen molar-refractivity contribution in [3.05, 3.63) is 12.2 Å². The van der Waals surface area contributed by atoms with Crippen LogP contribution in [0.1, 0.15) is 27.2 Å². The highest BCUT2D eigenvalue weighted by atomic mass is 16.5. The third kappa shape index (κ3) is 8.00. The van der Waals surface area contributed by atoms with E-state index < -0.39 is 0 Å². The second-order valence-electron chi connectivity index (χ2n) is 3.56. The molecule has 0 aromatic rings. The van der Waals surface area contributed by atoms with Gasteiger partial charge in [0, 0.05) is 13.2 Å². The minimum atomic E-state index is 0.472. The molecule has 0 aliphatic heterocycles. The van der Waals surface area contributed by atoms with Crippen LogP contribution in [0.2, 0.25) is 0 Å². The van der Waals surface area contributed by atoms with Gasteiger partial charge in [-0.1, -0.05) is 26.0 Å². The molecule has 0 aliphatic rings. The van der Waals surface area contributed by atoms with Gasteiger partial charge in [-0.2, -0.15) is 0 Å². The highest BCUT2D eigenvalue weighted by Gasteiger charge is 1.97. The summed E-state index contributed by atoms with van der Waals surface area (Å²) in [5, 5.41) is 3.40. The summed E-state index contributed by atoms with van der Waals surface area (Å²) in [7, 11) is 1.74. The largest absolute Gasteiger partial charge is 0.384 e. The Labute approximate surface area is 82.4 Å². The lowest BCUT2D eigenvalue weighted by Gasteiger charge is -2.09. The predicted molar refractivity (Wildman–Crippen MR) is 57.9 cm³/mol. The molecular formula is C11H23NO. The fraction of sp³-hybridized carbons (Fsp3) is 0.818. The van der Waals surface area contributed by atoms with Gasteiger partial charge >= 0.3 is 0 Å². The normalized spacial score (nSPS) is 16.3. The second-order valence-corrected chi connectivity index (χ2v) is 3.56. The van der Waals surface area contributed by atoms with Crippen LogP contribution < -0.4 is 5.32 Å². The lowest BCUT2D eigenvalue weighted by atomic mass is 10.1. The molecule has 0 aromatic carbocycles. The Kier molecular flexibility index (Phi) is 8.05. The van der Waals surface area contributed by atoms with Crippen LogP contribution in [0.5, 0.6) is 0 Å². The van der Waals surface area contributed by atoms with E-state index in [1.54, 1.807) is 7.11 Å². The average molecular weight is 185 g/mol. The van der Waals surface area contributed by atoms with E-state index in [1.165, 1.54) is 6.42 Å². The van der Waals surface area contributed by atoms with Crippen LogP contribution >= 0.6 is 0 Å². The third-order valence-electron chi connectivity index (χ3n) is 1.87. The summed E-state index contributed by atoms with van der Waals surface area (Å²) in [5.41, 5.74) is 0. The summed E-state index contributed by atoms with van der Waals surface area (Å²) in [5.74, 6) is 0.510. The van der Waals surface area contributed by atoms with E-state index in [0.29, 0.717) is 12.0 Å². The van der Waals surface area contributed by atoms with Crippen LogP contribution in [0.25, 0.3) is 0 Å². The van der Waals surface area contributed by atoms with Crippen LogP contribution in [0.4, 0.5) is 0 Å². The fourth-order valence-corrected chi connectivity index (χ4v) is 1.11. The molecule has 0 heterocycles. The number of hydrogen-bond acceptors (Lipinski definition) is 2. The van der Waals surface area contributed by atoms with Gasteiger partial charge < -0.3 is 10.1 Å². The van der Waals surface area contributed by atoms with E-state index in [-0.39, 0.29) is 0 Å². The Morgan fingerprint density at radius 1 is 1.31 bits per heavy atom. The van der Waals surface area contributed by atoms with Crippen molar-refractivity contribution in [1.82, 2.24) is 5.32 Å². The topological polar surface area (TPSA) is 21.3 Å². The molecule has 2 atom stereocenters. The Hall–Kier alpha value is -0.340. The zero-order valence-electron chi connectivity index (χ0n) is 9.34. The zero-order valence-corrected chi connectivity index (χ0v) is 9.34. The molecule has 0 spiro atoms. The molecule has 2 nitrogen and oxygen atoms in total. The van der Waals surface area contributed by atoms with Gasteiger partial charge in [-0.25, -0.2) is 0 Å². The number of rotatable bonds is 7. The van der Waals surface area contributed by atoms with Crippen LogP contribution in [0, 0.1) is 5.92 Å². The molecular weight excluding hydrogens is 162 g/mol. The molecule has 2 heteroatoms. The van der Waals surface area contributed by atoms with E-state index >= 15 is 0 Å². The lowest BCUT2D eigenvalue weighted by molar-refractivity contribution is 0.176. The lowest BCUT2D eigenvalue weighted by Crippen LogP contribution is -2.24. The molecule has 0 saturated heterocycles. The SMILES string of the molecule is CCCNC(C)/C=C/C(C)COC. The van der Waals surface area contributed by atoms with Gasteiger partial charge in [0.1, 0.15) is 0 Å². The molecule has 0 bridgehead atoms. The second kappa shape index (κ2) is 8.27. The summed E-state index contributed by atoms with van der Waals surface area (Å²) >= 11 is 0.